The molecule has 2 aromatic rings. The highest BCUT2D eigenvalue weighted by Gasteiger charge is 2.02. The molecule has 0 heterocycles. The molecule has 2 aromatic carbocycles. The quantitative estimate of drug-likeness (QED) is 0.884. The third-order valence-corrected chi connectivity index (χ3v) is 2.91. The Bertz CT molecular complexity index is 503. The van der Waals surface area contributed by atoms with Crippen LogP contribution in [0.25, 0.3) is 11.1 Å². The number of ether oxygens (including phenoxy) is 1. The topological polar surface area (TPSA) is 35.2 Å². The van der Waals surface area contributed by atoms with Crippen molar-refractivity contribution in [2.45, 2.75) is 19.9 Å². The van der Waals surface area contributed by atoms with Crippen LogP contribution in [-0.4, -0.2) is 6.61 Å². The molecular formula is C16H19NO. The highest BCUT2D eigenvalue weighted by Crippen LogP contribution is 2.24. The van der Waals surface area contributed by atoms with E-state index in [4.69, 9.17) is 10.5 Å². The van der Waals surface area contributed by atoms with Gasteiger partial charge in [-0.25, -0.2) is 0 Å². The summed E-state index contributed by atoms with van der Waals surface area (Å²) < 4.78 is 5.44. The van der Waals surface area contributed by atoms with E-state index < -0.39 is 0 Å². The lowest BCUT2D eigenvalue weighted by Gasteiger charge is -2.09. The van der Waals surface area contributed by atoms with Crippen molar-refractivity contribution in [2.75, 3.05) is 6.61 Å². The van der Waals surface area contributed by atoms with Gasteiger partial charge in [-0.15, -0.1) is 0 Å². The third-order valence-electron chi connectivity index (χ3n) is 2.91. The largest absolute Gasteiger partial charge is 0.494 e. The molecule has 0 aliphatic heterocycles. The molecule has 0 fully saturated rings. The zero-order valence-corrected chi connectivity index (χ0v) is 10.9. The number of benzene rings is 2. The van der Waals surface area contributed by atoms with Crippen LogP contribution in [0.4, 0.5) is 0 Å². The summed E-state index contributed by atoms with van der Waals surface area (Å²) in [6, 6.07) is 16.5. The molecule has 1 atom stereocenters. The Morgan fingerprint density at radius 3 is 2.39 bits per heavy atom. The van der Waals surface area contributed by atoms with Gasteiger partial charge >= 0.3 is 0 Å². The van der Waals surface area contributed by atoms with Crippen LogP contribution in [0.3, 0.4) is 0 Å². The van der Waals surface area contributed by atoms with E-state index in [1.807, 2.05) is 32.0 Å². The Balaban J connectivity index is 2.28. The molecule has 0 spiro atoms. The van der Waals surface area contributed by atoms with Crippen molar-refractivity contribution >= 4 is 0 Å². The molecule has 0 bridgehead atoms. The van der Waals surface area contributed by atoms with Gasteiger partial charge in [0.25, 0.3) is 0 Å². The molecule has 2 nitrogen and oxygen atoms in total. The Labute approximate surface area is 108 Å². The number of hydrogen-bond acceptors (Lipinski definition) is 2. The fraction of sp³-hybridized carbons (Fsp3) is 0.250. The van der Waals surface area contributed by atoms with E-state index in [0.29, 0.717) is 6.61 Å². The van der Waals surface area contributed by atoms with Gasteiger partial charge in [0.05, 0.1) is 6.61 Å². The fourth-order valence-electron chi connectivity index (χ4n) is 1.91. The van der Waals surface area contributed by atoms with Crippen LogP contribution in [0.2, 0.25) is 0 Å². The predicted molar refractivity (Wildman–Crippen MR) is 75.6 cm³/mol. The summed E-state index contributed by atoms with van der Waals surface area (Å²) in [5.74, 6) is 0.907. The molecule has 0 aromatic heterocycles. The zero-order chi connectivity index (χ0) is 13.0. The van der Waals surface area contributed by atoms with Crippen LogP contribution in [0.15, 0.2) is 48.5 Å². The molecule has 18 heavy (non-hydrogen) atoms. The van der Waals surface area contributed by atoms with Gasteiger partial charge in [-0.3, -0.25) is 0 Å². The molecule has 0 saturated heterocycles. The first-order valence-electron chi connectivity index (χ1n) is 6.29. The van der Waals surface area contributed by atoms with E-state index in [0.717, 1.165) is 11.3 Å². The summed E-state index contributed by atoms with van der Waals surface area (Å²) in [7, 11) is 0. The summed E-state index contributed by atoms with van der Waals surface area (Å²) >= 11 is 0. The first kappa shape index (κ1) is 12.7. The van der Waals surface area contributed by atoms with Crippen molar-refractivity contribution in [3.8, 4) is 16.9 Å². The van der Waals surface area contributed by atoms with Crippen LogP contribution in [-0.2, 0) is 0 Å². The lowest BCUT2D eigenvalue weighted by Crippen LogP contribution is -2.04. The second-order valence-corrected chi connectivity index (χ2v) is 4.37. The van der Waals surface area contributed by atoms with Gasteiger partial charge in [0.2, 0.25) is 0 Å². The predicted octanol–water partition coefficient (Wildman–Crippen LogP) is 3.77. The van der Waals surface area contributed by atoms with Crippen LogP contribution >= 0.6 is 0 Å². The van der Waals surface area contributed by atoms with E-state index in [1.54, 1.807) is 0 Å². The molecule has 0 amide bonds. The Kier molecular flexibility index (Phi) is 4.00. The summed E-state index contributed by atoms with van der Waals surface area (Å²) in [5.41, 5.74) is 9.43. The van der Waals surface area contributed by atoms with Crippen LogP contribution in [0, 0.1) is 0 Å². The minimum absolute atomic E-state index is 0.0626. The van der Waals surface area contributed by atoms with Crippen molar-refractivity contribution in [3.05, 3.63) is 54.1 Å². The summed E-state index contributed by atoms with van der Waals surface area (Å²) in [6.45, 7) is 4.68. The van der Waals surface area contributed by atoms with Gasteiger partial charge in [-0.2, -0.15) is 0 Å². The van der Waals surface area contributed by atoms with Gasteiger partial charge in [-0.05, 0) is 48.7 Å². The lowest BCUT2D eigenvalue weighted by molar-refractivity contribution is 0.340. The first-order valence-corrected chi connectivity index (χ1v) is 6.29. The average Bonchev–Trinajstić information content (AvgIpc) is 2.40. The number of nitrogens with two attached hydrogens (primary N) is 1. The smallest absolute Gasteiger partial charge is 0.119 e. The summed E-state index contributed by atoms with van der Waals surface area (Å²) in [5, 5.41) is 0. The number of hydrogen-bond donors (Lipinski definition) is 1. The van der Waals surface area contributed by atoms with Gasteiger partial charge in [0, 0.05) is 6.04 Å². The van der Waals surface area contributed by atoms with E-state index in [2.05, 4.69) is 30.3 Å². The maximum Gasteiger partial charge on any atom is 0.119 e. The van der Waals surface area contributed by atoms with E-state index >= 15 is 0 Å². The minimum Gasteiger partial charge on any atom is -0.494 e. The highest BCUT2D eigenvalue weighted by molar-refractivity contribution is 5.65. The van der Waals surface area contributed by atoms with Gasteiger partial charge < -0.3 is 10.5 Å². The van der Waals surface area contributed by atoms with Crippen LogP contribution < -0.4 is 10.5 Å². The minimum atomic E-state index is 0.0626. The maximum atomic E-state index is 5.90. The SMILES string of the molecule is CCOc1ccc(-c2cccc([C@H](C)N)c2)cc1. The zero-order valence-electron chi connectivity index (χ0n) is 10.9. The van der Waals surface area contributed by atoms with Gasteiger partial charge in [-0.1, -0.05) is 30.3 Å². The van der Waals surface area contributed by atoms with Gasteiger partial charge in [0.1, 0.15) is 5.75 Å². The van der Waals surface area contributed by atoms with Crippen LogP contribution in [0.5, 0.6) is 5.75 Å². The number of rotatable bonds is 4. The molecule has 2 heteroatoms. The van der Waals surface area contributed by atoms with Gasteiger partial charge in [0.15, 0.2) is 0 Å². The Morgan fingerprint density at radius 1 is 1.06 bits per heavy atom. The molecule has 2 N–H and O–H groups in total. The molecule has 0 unspecified atom stereocenters. The first-order chi connectivity index (χ1) is 8.70. The van der Waals surface area contributed by atoms with E-state index in [9.17, 15) is 0 Å². The molecule has 94 valence electrons. The van der Waals surface area contributed by atoms with E-state index in [-0.39, 0.29) is 6.04 Å². The molecular weight excluding hydrogens is 222 g/mol. The molecule has 2 rings (SSSR count). The highest BCUT2D eigenvalue weighted by atomic mass is 16.5. The van der Waals surface area contributed by atoms with Crippen molar-refractivity contribution in [3.63, 3.8) is 0 Å². The Morgan fingerprint density at radius 2 is 1.78 bits per heavy atom. The van der Waals surface area contributed by atoms with E-state index in [1.165, 1.54) is 11.1 Å². The summed E-state index contributed by atoms with van der Waals surface area (Å²) in [4.78, 5) is 0. The normalized spacial score (nSPS) is 12.2. The molecule has 0 saturated carbocycles. The van der Waals surface area contributed by atoms with Crippen molar-refractivity contribution in [2.24, 2.45) is 5.73 Å². The average molecular weight is 241 g/mol. The molecule has 0 aliphatic carbocycles. The summed E-state index contributed by atoms with van der Waals surface area (Å²) in [6.07, 6.45) is 0. The van der Waals surface area contributed by atoms with Crippen molar-refractivity contribution in [1.29, 1.82) is 0 Å². The fourth-order valence-corrected chi connectivity index (χ4v) is 1.91. The van der Waals surface area contributed by atoms with Crippen LogP contribution in [0.1, 0.15) is 25.5 Å². The molecule has 0 radical (unpaired) electrons. The lowest BCUT2D eigenvalue weighted by atomic mass is 10.0. The third kappa shape index (κ3) is 2.90. The Hall–Kier alpha value is -1.80. The molecule has 0 aliphatic rings. The monoisotopic (exact) mass is 241 g/mol. The standard InChI is InChI=1S/C16H19NO/c1-3-18-16-9-7-13(8-10-16)15-6-4-5-14(11-15)12(2)17/h4-12H,3,17H2,1-2H3/t12-/m0/s1. The van der Waals surface area contributed by atoms with Crippen molar-refractivity contribution in [1.82, 2.24) is 0 Å². The van der Waals surface area contributed by atoms with Crippen molar-refractivity contribution < 1.29 is 4.74 Å². The second-order valence-electron chi connectivity index (χ2n) is 4.37. The maximum absolute atomic E-state index is 5.90. The second kappa shape index (κ2) is 5.69.